The lowest BCUT2D eigenvalue weighted by Gasteiger charge is -2.27. The molecule has 1 fully saturated rings. The van der Waals surface area contributed by atoms with E-state index in [1.165, 1.54) is 0 Å². The third kappa shape index (κ3) is 3.04. The van der Waals surface area contributed by atoms with Crippen LogP contribution in [0.4, 0.5) is 0 Å². The van der Waals surface area contributed by atoms with Gasteiger partial charge in [0.25, 0.3) is 0 Å². The highest BCUT2D eigenvalue weighted by Gasteiger charge is 2.27. The Hall–Kier alpha value is -0.940. The van der Waals surface area contributed by atoms with Crippen molar-refractivity contribution in [2.24, 2.45) is 11.7 Å². The number of carbonyl (C=O) groups is 1. The first-order chi connectivity index (χ1) is 8.18. The van der Waals surface area contributed by atoms with Gasteiger partial charge in [0.2, 0.25) is 5.91 Å². The maximum absolute atomic E-state index is 12.0. The van der Waals surface area contributed by atoms with Gasteiger partial charge in [0.15, 0.2) is 0 Å². The Bertz CT molecular complexity index is 391. The maximum Gasteiger partial charge on any atom is 0.224 e. The number of carbonyl (C=O) groups excluding carboxylic acids is 1. The van der Waals surface area contributed by atoms with Crippen molar-refractivity contribution in [2.75, 3.05) is 0 Å². The van der Waals surface area contributed by atoms with E-state index >= 15 is 0 Å². The second kappa shape index (κ2) is 5.60. The molecule has 1 aliphatic carbocycles. The summed E-state index contributed by atoms with van der Waals surface area (Å²) >= 11 is 1.58. The Morgan fingerprint density at radius 3 is 3.00 bits per heavy atom. The van der Waals surface area contributed by atoms with Crippen LogP contribution in [0.2, 0.25) is 0 Å². The number of hydrogen-bond acceptors (Lipinski definition) is 4. The fraction of sp³-hybridized carbons (Fsp3) is 0.667. The number of aromatic nitrogens is 1. The molecule has 5 heteroatoms. The minimum Gasteiger partial charge on any atom is -0.351 e. The van der Waals surface area contributed by atoms with Crippen LogP contribution in [0.1, 0.15) is 36.3 Å². The number of aryl methyl sites for hydroxylation is 1. The minimum atomic E-state index is -0.00280. The van der Waals surface area contributed by atoms with Crippen molar-refractivity contribution < 1.29 is 4.79 Å². The van der Waals surface area contributed by atoms with Crippen LogP contribution in [0.3, 0.4) is 0 Å². The Labute approximate surface area is 106 Å². The van der Waals surface area contributed by atoms with Crippen LogP contribution < -0.4 is 11.1 Å². The van der Waals surface area contributed by atoms with Gasteiger partial charge in [-0.2, -0.15) is 0 Å². The van der Waals surface area contributed by atoms with E-state index in [9.17, 15) is 4.79 Å². The predicted octanol–water partition coefficient (Wildman–Crippen LogP) is 1.59. The van der Waals surface area contributed by atoms with Gasteiger partial charge in [-0.25, -0.2) is 4.98 Å². The summed E-state index contributed by atoms with van der Waals surface area (Å²) < 4.78 is 0. The van der Waals surface area contributed by atoms with Gasteiger partial charge < -0.3 is 11.1 Å². The smallest absolute Gasteiger partial charge is 0.224 e. The van der Waals surface area contributed by atoms with Gasteiger partial charge in [-0.05, 0) is 19.8 Å². The van der Waals surface area contributed by atoms with E-state index in [1.54, 1.807) is 11.3 Å². The molecule has 1 heterocycles. The van der Waals surface area contributed by atoms with Gasteiger partial charge >= 0.3 is 0 Å². The Morgan fingerprint density at radius 1 is 1.59 bits per heavy atom. The molecule has 2 rings (SSSR count). The van der Waals surface area contributed by atoms with Crippen LogP contribution in [-0.2, 0) is 11.3 Å². The first kappa shape index (κ1) is 12.5. The van der Waals surface area contributed by atoms with Crippen molar-refractivity contribution in [1.29, 1.82) is 0 Å². The summed E-state index contributed by atoms with van der Waals surface area (Å²) in [6.45, 7) is 2.54. The number of hydrogen-bond donors (Lipinski definition) is 2. The minimum absolute atomic E-state index is 0.00280. The highest BCUT2D eigenvalue weighted by atomic mass is 32.1. The van der Waals surface area contributed by atoms with Crippen LogP contribution in [0, 0.1) is 12.8 Å². The average molecular weight is 253 g/mol. The van der Waals surface area contributed by atoms with Gasteiger partial charge in [0, 0.05) is 10.9 Å². The topological polar surface area (TPSA) is 68.0 Å². The number of nitrogens with one attached hydrogen (secondary N) is 1. The van der Waals surface area contributed by atoms with E-state index in [-0.39, 0.29) is 17.9 Å². The molecule has 17 heavy (non-hydrogen) atoms. The average Bonchev–Trinajstić information content (AvgIpc) is 2.72. The lowest BCUT2D eigenvalue weighted by atomic mass is 9.84. The molecule has 0 bridgehead atoms. The Morgan fingerprint density at radius 2 is 2.35 bits per heavy atom. The van der Waals surface area contributed by atoms with E-state index in [0.29, 0.717) is 6.54 Å². The fourth-order valence-corrected chi connectivity index (χ4v) is 3.00. The molecule has 3 N–H and O–H groups in total. The first-order valence-corrected chi connectivity index (χ1v) is 6.98. The van der Waals surface area contributed by atoms with E-state index < -0.39 is 0 Å². The van der Waals surface area contributed by atoms with E-state index in [1.807, 2.05) is 12.4 Å². The molecule has 1 aliphatic rings. The second-order valence-corrected chi connectivity index (χ2v) is 5.57. The number of rotatable bonds is 3. The summed E-state index contributed by atoms with van der Waals surface area (Å²) in [6.07, 6.45) is 4.16. The molecule has 0 saturated heterocycles. The third-order valence-electron chi connectivity index (χ3n) is 3.42. The summed E-state index contributed by atoms with van der Waals surface area (Å²) in [7, 11) is 0. The number of nitrogens with two attached hydrogens (primary N) is 1. The van der Waals surface area contributed by atoms with Gasteiger partial charge in [0.05, 0.1) is 23.7 Å². The van der Waals surface area contributed by atoms with Crippen LogP contribution in [-0.4, -0.2) is 16.9 Å². The van der Waals surface area contributed by atoms with Crippen molar-refractivity contribution in [3.05, 3.63) is 16.1 Å². The molecule has 0 aromatic carbocycles. The number of nitrogens with zero attached hydrogens (tertiary/aromatic N) is 1. The van der Waals surface area contributed by atoms with Crippen LogP contribution in [0.15, 0.2) is 5.51 Å². The van der Waals surface area contributed by atoms with Gasteiger partial charge in [0.1, 0.15) is 0 Å². The second-order valence-electron chi connectivity index (χ2n) is 4.63. The zero-order chi connectivity index (χ0) is 12.3. The van der Waals surface area contributed by atoms with Crippen LogP contribution in [0.5, 0.6) is 0 Å². The molecule has 0 radical (unpaired) electrons. The van der Waals surface area contributed by atoms with Crippen molar-refractivity contribution in [1.82, 2.24) is 10.3 Å². The standard InChI is InChI=1S/C12H19N3OS/c1-8-11(17-7-15-8)6-14-12(16)9-4-2-3-5-10(9)13/h7,9-10H,2-6,13H2,1H3,(H,14,16). The molecule has 1 amide bonds. The summed E-state index contributed by atoms with van der Waals surface area (Å²) in [5, 5.41) is 2.98. The normalized spacial score (nSPS) is 24.6. The molecule has 2 unspecified atom stereocenters. The molecule has 1 aromatic heterocycles. The van der Waals surface area contributed by atoms with Crippen LogP contribution in [0.25, 0.3) is 0 Å². The van der Waals surface area contributed by atoms with Crippen molar-refractivity contribution in [2.45, 2.75) is 45.2 Å². The maximum atomic E-state index is 12.0. The van der Waals surface area contributed by atoms with E-state index in [0.717, 1.165) is 36.3 Å². The van der Waals surface area contributed by atoms with E-state index in [2.05, 4.69) is 10.3 Å². The van der Waals surface area contributed by atoms with Crippen molar-refractivity contribution in [3.63, 3.8) is 0 Å². The first-order valence-electron chi connectivity index (χ1n) is 6.10. The number of amides is 1. The molecule has 1 aromatic rings. The summed E-state index contributed by atoms with van der Waals surface area (Å²) in [6, 6.07) is 0.0336. The molecule has 2 atom stereocenters. The zero-order valence-corrected chi connectivity index (χ0v) is 10.9. The lowest BCUT2D eigenvalue weighted by Crippen LogP contribution is -2.43. The fourth-order valence-electron chi connectivity index (χ4n) is 2.28. The highest BCUT2D eigenvalue weighted by Crippen LogP contribution is 2.23. The number of thiazole rings is 1. The Balaban J connectivity index is 1.86. The predicted molar refractivity (Wildman–Crippen MR) is 68.6 cm³/mol. The lowest BCUT2D eigenvalue weighted by molar-refractivity contribution is -0.126. The third-order valence-corrected chi connectivity index (χ3v) is 4.36. The van der Waals surface area contributed by atoms with Gasteiger partial charge in [-0.1, -0.05) is 12.8 Å². The zero-order valence-electron chi connectivity index (χ0n) is 10.1. The summed E-state index contributed by atoms with van der Waals surface area (Å²) in [5.74, 6) is 0.0991. The molecule has 94 valence electrons. The van der Waals surface area contributed by atoms with Crippen molar-refractivity contribution in [3.8, 4) is 0 Å². The van der Waals surface area contributed by atoms with Gasteiger partial charge in [-0.3, -0.25) is 4.79 Å². The summed E-state index contributed by atoms with van der Waals surface area (Å²) in [5.41, 5.74) is 8.80. The molecule has 4 nitrogen and oxygen atoms in total. The molecular formula is C12H19N3OS. The van der Waals surface area contributed by atoms with Gasteiger partial charge in [-0.15, -0.1) is 11.3 Å². The largest absolute Gasteiger partial charge is 0.351 e. The SMILES string of the molecule is Cc1ncsc1CNC(=O)C1CCCCC1N. The van der Waals surface area contributed by atoms with Crippen molar-refractivity contribution >= 4 is 17.2 Å². The molecular weight excluding hydrogens is 234 g/mol. The quantitative estimate of drug-likeness (QED) is 0.859. The van der Waals surface area contributed by atoms with Crippen LogP contribution >= 0.6 is 11.3 Å². The summed E-state index contributed by atoms with van der Waals surface area (Å²) in [4.78, 5) is 17.3. The van der Waals surface area contributed by atoms with E-state index in [4.69, 9.17) is 5.73 Å². The Kier molecular flexibility index (Phi) is 4.12. The highest BCUT2D eigenvalue weighted by molar-refractivity contribution is 7.09. The molecule has 1 saturated carbocycles. The molecule has 0 aliphatic heterocycles. The monoisotopic (exact) mass is 253 g/mol. The molecule has 0 spiro atoms.